The molecule has 2 heterocycles. The molecule has 4 rings (SSSR count). The van der Waals surface area contributed by atoms with Gasteiger partial charge in [-0.3, -0.25) is 0 Å². The fraction of sp³-hybridized carbons (Fsp3) is 0.167. The zero-order valence-corrected chi connectivity index (χ0v) is 14.5. The van der Waals surface area contributed by atoms with E-state index in [1.54, 1.807) is 0 Å². The Balaban J connectivity index is 1.80. The summed E-state index contributed by atoms with van der Waals surface area (Å²) in [5.74, 6) is 1.34. The number of hydrogen-bond acceptors (Lipinski definition) is 3. The summed E-state index contributed by atoms with van der Waals surface area (Å²) < 4.78 is 1.89. The first-order valence-electron chi connectivity index (χ1n) is 7.62. The molecule has 6 heteroatoms. The van der Waals surface area contributed by atoms with Crippen molar-refractivity contribution < 1.29 is 0 Å². The molecule has 0 saturated heterocycles. The fourth-order valence-corrected chi connectivity index (χ4v) is 3.16. The van der Waals surface area contributed by atoms with Crippen molar-refractivity contribution in [3.8, 4) is 0 Å². The third-order valence-electron chi connectivity index (χ3n) is 4.07. The Morgan fingerprint density at radius 2 is 1.58 bits per heavy atom. The highest BCUT2D eigenvalue weighted by Crippen LogP contribution is 2.33. The van der Waals surface area contributed by atoms with Gasteiger partial charge in [0.25, 0.3) is 0 Å². The van der Waals surface area contributed by atoms with Crippen LogP contribution in [-0.2, 0) is 0 Å². The molecule has 0 aliphatic carbocycles. The Labute approximate surface area is 149 Å². The molecular formula is C18H14Cl2N4. The van der Waals surface area contributed by atoms with E-state index in [1.165, 1.54) is 0 Å². The largest absolute Gasteiger partial charge is 0.248 e. The summed E-state index contributed by atoms with van der Waals surface area (Å²) in [6.45, 7) is 1.88. The Bertz CT molecular complexity index is 911. The first kappa shape index (κ1) is 15.4. The monoisotopic (exact) mass is 356 g/mol. The average Bonchev–Trinajstić information content (AvgIpc) is 2.95. The molecule has 0 spiro atoms. The second-order valence-corrected chi connectivity index (χ2v) is 6.61. The van der Waals surface area contributed by atoms with E-state index in [9.17, 15) is 0 Å². The lowest BCUT2D eigenvalue weighted by Gasteiger charge is -2.24. The minimum atomic E-state index is 0.0432. The van der Waals surface area contributed by atoms with E-state index in [0.29, 0.717) is 16.8 Å². The van der Waals surface area contributed by atoms with E-state index < -0.39 is 0 Å². The molecule has 0 saturated carbocycles. The summed E-state index contributed by atoms with van der Waals surface area (Å²) in [5, 5.41) is 5.95. The lowest BCUT2D eigenvalue weighted by Crippen LogP contribution is -2.21. The molecule has 0 bridgehead atoms. The minimum Gasteiger partial charge on any atom is -0.222 e. The van der Waals surface area contributed by atoms with Crippen LogP contribution in [-0.4, -0.2) is 20.5 Å². The van der Waals surface area contributed by atoms with Crippen molar-refractivity contribution in [3.05, 3.63) is 75.5 Å². The van der Waals surface area contributed by atoms with Crippen LogP contribution in [0, 0.1) is 6.92 Å². The number of aryl methyl sites for hydroxylation is 1. The van der Waals surface area contributed by atoms with Crippen LogP contribution in [0.15, 0.2) is 53.5 Å². The van der Waals surface area contributed by atoms with Gasteiger partial charge in [-0.15, -0.1) is 0 Å². The smallest absolute Gasteiger partial charge is 0.222 e. The second-order valence-electron chi connectivity index (χ2n) is 5.74. The highest BCUT2D eigenvalue weighted by atomic mass is 35.5. The number of hydrogen-bond donors (Lipinski definition) is 0. The molecule has 0 radical (unpaired) electrons. The van der Waals surface area contributed by atoms with Gasteiger partial charge in [0.15, 0.2) is 0 Å². The van der Waals surface area contributed by atoms with Crippen molar-refractivity contribution in [2.45, 2.75) is 19.4 Å². The van der Waals surface area contributed by atoms with Gasteiger partial charge in [0, 0.05) is 16.5 Å². The number of aliphatic imine (C=N–C) groups is 1. The van der Waals surface area contributed by atoms with Crippen LogP contribution < -0.4 is 0 Å². The van der Waals surface area contributed by atoms with Crippen LogP contribution in [0.1, 0.15) is 29.4 Å². The molecule has 1 aromatic heterocycles. The maximum atomic E-state index is 6.02. The minimum absolute atomic E-state index is 0.0432. The highest BCUT2D eigenvalue weighted by Gasteiger charge is 2.26. The quantitative estimate of drug-likeness (QED) is 0.647. The van der Waals surface area contributed by atoms with Gasteiger partial charge in [-0.2, -0.15) is 10.1 Å². The van der Waals surface area contributed by atoms with Gasteiger partial charge in [-0.25, -0.2) is 9.67 Å². The molecule has 1 unspecified atom stereocenters. The Morgan fingerprint density at radius 1 is 0.958 bits per heavy atom. The van der Waals surface area contributed by atoms with E-state index in [0.717, 1.165) is 28.3 Å². The van der Waals surface area contributed by atoms with Gasteiger partial charge in [0.05, 0.1) is 11.8 Å². The lowest BCUT2D eigenvalue weighted by atomic mass is 9.96. The number of halogens is 2. The third-order valence-corrected chi connectivity index (χ3v) is 4.57. The van der Waals surface area contributed by atoms with E-state index >= 15 is 0 Å². The van der Waals surface area contributed by atoms with E-state index in [2.05, 4.69) is 10.1 Å². The first-order valence-corrected chi connectivity index (χ1v) is 8.38. The predicted octanol–water partition coefficient (Wildman–Crippen LogP) is 5.01. The zero-order valence-electron chi connectivity index (χ0n) is 12.9. The molecule has 120 valence electrons. The molecule has 0 N–H and O–H groups in total. The zero-order chi connectivity index (χ0) is 16.7. The second kappa shape index (κ2) is 6.04. The van der Waals surface area contributed by atoms with E-state index in [4.69, 9.17) is 28.2 Å². The van der Waals surface area contributed by atoms with Gasteiger partial charge in [-0.1, -0.05) is 47.5 Å². The van der Waals surface area contributed by atoms with E-state index in [1.807, 2.05) is 60.1 Å². The molecular weight excluding hydrogens is 343 g/mol. The maximum absolute atomic E-state index is 6.02. The summed E-state index contributed by atoms with van der Waals surface area (Å²) in [5.41, 5.74) is 3.16. The van der Waals surface area contributed by atoms with Crippen molar-refractivity contribution in [1.29, 1.82) is 0 Å². The summed E-state index contributed by atoms with van der Waals surface area (Å²) >= 11 is 12.0. The van der Waals surface area contributed by atoms with Crippen molar-refractivity contribution >= 4 is 34.9 Å². The molecule has 2 aromatic carbocycles. The van der Waals surface area contributed by atoms with Crippen LogP contribution >= 0.6 is 23.2 Å². The summed E-state index contributed by atoms with van der Waals surface area (Å²) in [6, 6.07) is 15.6. The Morgan fingerprint density at radius 3 is 2.25 bits per heavy atom. The van der Waals surface area contributed by atoms with Gasteiger partial charge < -0.3 is 0 Å². The average molecular weight is 357 g/mol. The molecule has 0 fully saturated rings. The molecule has 1 atom stereocenters. The van der Waals surface area contributed by atoms with Gasteiger partial charge in [0.1, 0.15) is 5.82 Å². The van der Waals surface area contributed by atoms with Crippen LogP contribution in [0.3, 0.4) is 0 Å². The Hall–Kier alpha value is -2.17. The number of rotatable bonds is 2. The number of nitrogens with zero attached hydrogens (tertiary/aromatic N) is 4. The topological polar surface area (TPSA) is 43.1 Å². The SMILES string of the molecule is Cc1nc2n(n1)C(c1ccc(Cl)cc1)CC(c1ccc(Cl)cc1)=N2. The molecule has 24 heavy (non-hydrogen) atoms. The van der Waals surface area contributed by atoms with E-state index in [-0.39, 0.29) is 6.04 Å². The molecule has 3 aromatic rings. The number of aromatic nitrogens is 3. The lowest BCUT2D eigenvalue weighted by molar-refractivity contribution is 0.528. The third kappa shape index (κ3) is 2.83. The van der Waals surface area contributed by atoms with Gasteiger partial charge in [0.2, 0.25) is 5.95 Å². The maximum Gasteiger partial charge on any atom is 0.248 e. The van der Waals surface area contributed by atoms with Crippen molar-refractivity contribution in [2.24, 2.45) is 4.99 Å². The summed E-state index contributed by atoms with van der Waals surface area (Å²) in [6.07, 6.45) is 0.735. The van der Waals surface area contributed by atoms with Crippen molar-refractivity contribution in [2.75, 3.05) is 0 Å². The highest BCUT2D eigenvalue weighted by molar-refractivity contribution is 6.31. The van der Waals surface area contributed by atoms with Crippen LogP contribution in [0.2, 0.25) is 10.0 Å². The fourth-order valence-electron chi connectivity index (χ4n) is 2.91. The standard InChI is InChI=1S/C18H14Cl2N4/c1-11-21-18-22-16(12-2-6-14(19)7-3-12)10-17(24(18)23-11)13-4-8-15(20)9-5-13/h2-9,17H,10H2,1H3. The van der Waals surface area contributed by atoms with Gasteiger partial charge in [-0.05, 0) is 42.3 Å². The molecule has 1 aliphatic heterocycles. The van der Waals surface area contributed by atoms with Crippen molar-refractivity contribution in [1.82, 2.24) is 14.8 Å². The summed E-state index contributed by atoms with van der Waals surface area (Å²) in [7, 11) is 0. The van der Waals surface area contributed by atoms with Crippen LogP contribution in [0.5, 0.6) is 0 Å². The molecule has 1 aliphatic rings. The number of fused-ring (bicyclic) bond motifs is 1. The number of benzene rings is 2. The molecule has 0 amide bonds. The normalized spacial score (nSPS) is 16.6. The predicted molar refractivity (Wildman–Crippen MR) is 96.6 cm³/mol. The van der Waals surface area contributed by atoms with Crippen molar-refractivity contribution in [3.63, 3.8) is 0 Å². The Kier molecular flexibility index (Phi) is 3.87. The first-order chi connectivity index (χ1) is 11.6. The molecule has 4 nitrogen and oxygen atoms in total. The summed E-state index contributed by atoms with van der Waals surface area (Å²) in [4.78, 5) is 9.15. The van der Waals surface area contributed by atoms with Gasteiger partial charge >= 0.3 is 0 Å². The van der Waals surface area contributed by atoms with Crippen LogP contribution in [0.4, 0.5) is 5.95 Å². The van der Waals surface area contributed by atoms with Crippen LogP contribution in [0.25, 0.3) is 0 Å².